The van der Waals surface area contributed by atoms with Crippen molar-refractivity contribution >= 4 is 29.3 Å². The van der Waals surface area contributed by atoms with Gasteiger partial charge in [-0.25, -0.2) is 0 Å². The molecule has 2 aromatic carbocycles. The standard InChI is InChI=1S/C25H30ClN5OS/c1-19(24(32)27-16-21-12-6-7-13-22(21)26)33-25-29-28-23(18-30-14-8-3-9-15-30)31(25)17-20-10-4-2-5-11-20/h2,4-7,10-13,19H,3,8-9,14-18H2,1H3,(H,27,32). The van der Waals surface area contributed by atoms with Crippen LogP contribution in [0.1, 0.15) is 43.1 Å². The van der Waals surface area contributed by atoms with E-state index in [0.717, 1.165) is 36.2 Å². The van der Waals surface area contributed by atoms with E-state index < -0.39 is 0 Å². The number of nitrogens with zero attached hydrogens (tertiary/aromatic N) is 4. The summed E-state index contributed by atoms with van der Waals surface area (Å²) in [5, 5.41) is 13.1. The smallest absolute Gasteiger partial charge is 0.233 e. The van der Waals surface area contributed by atoms with Crippen molar-refractivity contribution in [2.75, 3.05) is 13.1 Å². The van der Waals surface area contributed by atoms with Crippen molar-refractivity contribution < 1.29 is 4.79 Å². The van der Waals surface area contributed by atoms with E-state index in [1.165, 1.54) is 36.6 Å². The Kier molecular flexibility index (Phi) is 8.42. The summed E-state index contributed by atoms with van der Waals surface area (Å²) in [6, 6.07) is 17.9. The molecule has 33 heavy (non-hydrogen) atoms. The van der Waals surface area contributed by atoms with Gasteiger partial charge in [0.2, 0.25) is 5.91 Å². The summed E-state index contributed by atoms with van der Waals surface area (Å²) >= 11 is 7.66. The van der Waals surface area contributed by atoms with Gasteiger partial charge in [0.05, 0.1) is 18.3 Å². The second-order valence-corrected chi connectivity index (χ2v) is 10.1. The lowest BCUT2D eigenvalue weighted by atomic mass is 10.1. The summed E-state index contributed by atoms with van der Waals surface area (Å²) in [6.07, 6.45) is 3.77. The third kappa shape index (κ3) is 6.59. The van der Waals surface area contributed by atoms with Crippen molar-refractivity contribution in [2.45, 2.75) is 56.2 Å². The monoisotopic (exact) mass is 483 g/mol. The summed E-state index contributed by atoms with van der Waals surface area (Å²) in [7, 11) is 0. The molecule has 1 fully saturated rings. The number of nitrogens with one attached hydrogen (secondary N) is 1. The van der Waals surface area contributed by atoms with Gasteiger partial charge >= 0.3 is 0 Å². The number of likely N-dealkylation sites (tertiary alicyclic amines) is 1. The molecule has 6 nitrogen and oxygen atoms in total. The van der Waals surface area contributed by atoms with E-state index >= 15 is 0 Å². The molecule has 4 rings (SSSR count). The fourth-order valence-electron chi connectivity index (χ4n) is 3.94. The van der Waals surface area contributed by atoms with E-state index in [1.807, 2.05) is 49.4 Å². The highest BCUT2D eigenvalue weighted by Gasteiger charge is 2.22. The van der Waals surface area contributed by atoms with Gasteiger partial charge < -0.3 is 9.88 Å². The van der Waals surface area contributed by atoms with E-state index in [4.69, 9.17) is 11.6 Å². The first-order valence-corrected chi connectivity index (χ1v) is 12.7. The zero-order chi connectivity index (χ0) is 23.0. The molecule has 8 heteroatoms. The summed E-state index contributed by atoms with van der Waals surface area (Å²) in [5.41, 5.74) is 2.09. The number of benzene rings is 2. The molecule has 1 aliphatic rings. The van der Waals surface area contributed by atoms with Gasteiger partial charge in [0.1, 0.15) is 5.82 Å². The lowest BCUT2D eigenvalue weighted by molar-refractivity contribution is -0.120. The molecule has 0 spiro atoms. The fraction of sp³-hybridized carbons (Fsp3) is 0.400. The van der Waals surface area contributed by atoms with Crippen LogP contribution in [0.5, 0.6) is 0 Å². The number of aromatic nitrogens is 3. The van der Waals surface area contributed by atoms with Crippen molar-refractivity contribution in [1.82, 2.24) is 25.0 Å². The van der Waals surface area contributed by atoms with E-state index in [0.29, 0.717) is 18.1 Å². The number of halogens is 1. The molecule has 3 aromatic rings. The first-order chi connectivity index (χ1) is 16.1. The lowest BCUT2D eigenvalue weighted by Crippen LogP contribution is -2.31. The maximum Gasteiger partial charge on any atom is 0.233 e. The Hall–Kier alpha value is -2.35. The minimum absolute atomic E-state index is 0.0493. The number of hydrogen-bond donors (Lipinski definition) is 1. The molecule has 0 radical (unpaired) electrons. The summed E-state index contributed by atoms with van der Waals surface area (Å²) in [5.74, 6) is 0.902. The molecular formula is C25H30ClN5OS. The maximum atomic E-state index is 12.8. The number of carbonyl (C=O) groups excluding carboxylic acids is 1. The number of amides is 1. The van der Waals surface area contributed by atoms with Gasteiger partial charge in [-0.2, -0.15) is 0 Å². The molecule has 2 heterocycles. The van der Waals surface area contributed by atoms with Crippen LogP contribution >= 0.6 is 23.4 Å². The molecule has 1 saturated heterocycles. The Morgan fingerprint density at radius 2 is 1.76 bits per heavy atom. The topological polar surface area (TPSA) is 63.1 Å². The van der Waals surface area contributed by atoms with E-state index in [9.17, 15) is 4.79 Å². The van der Waals surface area contributed by atoms with Crippen LogP contribution in [-0.2, 0) is 24.4 Å². The Balaban J connectivity index is 1.45. The molecule has 1 aliphatic heterocycles. The van der Waals surface area contributed by atoms with E-state index in [1.54, 1.807) is 0 Å². The Labute approximate surface area is 204 Å². The van der Waals surface area contributed by atoms with Crippen LogP contribution < -0.4 is 5.32 Å². The van der Waals surface area contributed by atoms with Crippen LogP contribution in [0.25, 0.3) is 0 Å². The average molecular weight is 484 g/mol. The van der Waals surface area contributed by atoms with Gasteiger partial charge in [-0.1, -0.05) is 78.3 Å². The van der Waals surface area contributed by atoms with Crippen LogP contribution in [0.4, 0.5) is 0 Å². The minimum Gasteiger partial charge on any atom is -0.351 e. The zero-order valence-corrected chi connectivity index (χ0v) is 20.5. The summed E-state index contributed by atoms with van der Waals surface area (Å²) in [4.78, 5) is 15.2. The molecule has 1 unspecified atom stereocenters. The second-order valence-electron chi connectivity index (χ2n) is 8.38. The lowest BCUT2D eigenvalue weighted by Gasteiger charge is -2.26. The van der Waals surface area contributed by atoms with Crippen LogP contribution in [0.15, 0.2) is 59.8 Å². The first-order valence-electron chi connectivity index (χ1n) is 11.5. The molecule has 0 aliphatic carbocycles. The molecule has 1 atom stereocenters. The van der Waals surface area contributed by atoms with E-state index in [-0.39, 0.29) is 11.2 Å². The highest BCUT2D eigenvalue weighted by molar-refractivity contribution is 8.00. The molecule has 1 N–H and O–H groups in total. The highest BCUT2D eigenvalue weighted by Crippen LogP contribution is 2.25. The third-order valence-electron chi connectivity index (χ3n) is 5.85. The van der Waals surface area contributed by atoms with Crippen molar-refractivity contribution in [1.29, 1.82) is 0 Å². The number of piperidine rings is 1. The van der Waals surface area contributed by atoms with Gasteiger partial charge in [0.25, 0.3) is 0 Å². The normalized spacial score (nSPS) is 15.3. The fourth-order valence-corrected chi connectivity index (χ4v) is 5.04. The maximum absolute atomic E-state index is 12.8. The number of hydrogen-bond acceptors (Lipinski definition) is 5. The van der Waals surface area contributed by atoms with Crippen LogP contribution in [-0.4, -0.2) is 43.9 Å². The predicted octanol–water partition coefficient (Wildman–Crippen LogP) is 4.76. The SMILES string of the molecule is CC(Sc1nnc(CN2CCCCC2)n1Cc1ccccc1)C(=O)NCc1ccccc1Cl. The third-order valence-corrected chi connectivity index (χ3v) is 7.30. The molecular weight excluding hydrogens is 454 g/mol. The molecule has 1 amide bonds. The van der Waals surface area contributed by atoms with Gasteiger partial charge in [-0.15, -0.1) is 10.2 Å². The average Bonchev–Trinajstić information content (AvgIpc) is 3.20. The number of thioether (sulfide) groups is 1. The molecule has 0 bridgehead atoms. The van der Waals surface area contributed by atoms with Crippen molar-refractivity contribution in [3.63, 3.8) is 0 Å². The van der Waals surface area contributed by atoms with Crippen molar-refractivity contribution in [3.05, 3.63) is 76.6 Å². The van der Waals surface area contributed by atoms with Crippen LogP contribution in [0, 0.1) is 0 Å². The largest absolute Gasteiger partial charge is 0.351 e. The first kappa shape index (κ1) is 23.8. The van der Waals surface area contributed by atoms with Crippen molar-refractivity contribution in [2.24, 2.45) is 0 Å². The zero-order valence-electron chi connectivity index (χ0n) is 18.9. The molecule has 0 saturated carbocycles. The Morgan fingerprint density at radius 3 is 2.52 bits per heavy atom. The number of carbonyl (C=O) groups is 1. The van der Waals surface area contributed by atoms with Gasteiger partial charge in [-0.05, 0) is 50.0 Å². The Bertz CT molecular complexity index is 1050. The highest BCUT2D eigenvalue weighted by atomic mass is 35.5. The minimum atomic E-state index is -0.311. The van der Waals surface area contributed by atoms with Gasteiger partial charge in [-0.3, -0.25) is 9.69 Å². The summed E-state index contributed by atoms with van der Waals surface area (Å²) in [6.45, 7) is 5.97. The van der Waals surface area contributed by atoms with E-state index in [2.05, 4.69) is 37.1 Å². The second kappa shape index (κ2) is 11.7. The quantitative estimate of drug-likeness (QED) is 0.444. The number of rotatable bonds is 9. The van der Waals surface area contributed by atoms with Gasteiger partial charge in [0, 0.05) is 11.6 Å². The van der Waals surface area contributed by atoms with Crippen LogP contribution in [0.3, 0.4) is 0 Å². The predicted molar refractivity (Wildman–Crippen MR) is 133 cm³/mol. The molecule has 1 aromatic heterocycles. The van der Waals surface area contributed by atoms with Crippen LogP contribution in [0.2, 0.25) is 5.02 Å². The van der Waals surface area contributed by atoms with Crippen molar-refractivity contribution in [3.8, 4) is 0 Å². The van der Waals surface area contributed by atoms with Gasteiger partial charge in [0.15, 0.2) is 5.16 Å². The summed E-state index contributed by atoms with van der Waals surface area (Å²) < 4.78 is 2.16. The molecule has 174 valence electrons. The Morgan fingerprint density at radius 1 is 1.03 bits per heavy atom.